The van der Waals surface area contributed by atoms with Crippen molar-refractivity contribution in [3.8, 4) is 5.75 Å². The number of hydrogen-bond donors (Lipinski definition) is 2. The number of ketones is 1. The Hall–Kier alpha value is -2.69. The Morgan fingerprint density at radius 1 is 1.20 bits per heavy atom. The Morgan fingerprint density at radius 3 is 2.67 bits per heavy atom. The lowest BCUT2D eigenvalue weighted by Gasteiger charge is -2.61. The summed E-state index contributed by atoms with van der Waals surface area (Å²) in [5, 5.41) is 22.2. The maximum absolute atomic E-state index is 13.6. The molecule has 1 heterocycles. The summed E-state index contributed by atoms with van der Waals surface area (Å²) in [6.07, 6.45) is 4.79. The highest BCUT2D eigenvalue weighted by atomic mass is 16.6. The standard InChI is InChI=1S/C35H49BO9/c1-7-9-16-42-29(38)18-27-24-11-10-23(17-25(24)36(41)45-27)43-20-30(39)44-28-19-33(5,8-2)32(40)22(4)35-14-12-21(3)34(28,6)31(35)26(37)13-15-35/h8,10-11,17,21-22,27-28,31-32,40-41H,2,7,9,12-16,18-20H2,1,3-6H3/t21-,22+,27?,28-,31+,32+,33-,34+,35+/m1/s1. The summed E-state index contributed by atoms with van der Waals surface area (Å²) < 4.78 is 23.0. The van der Waals surface area contributed by atoms with Crippen LogP contribution in [-0.2, 0) is 28.5 Å². The molecule has 3 saturated carbocycles. The van der Waals surface area contributed by atoms with E-state index < -0.39 is 48.2 Å². The van der Waals surface area contributed by atoms with E-state index in [1.807, 2.05) is 13.8 Å². The molecule has 1 aromatic rings. The number of unbranched alkanes of at least 4 members (excludes halogenated alkanes) is 1. The van der Waals surface area contributed by atoms with Crippen LogP contribution in [-0.4, -0.2) is 60.4 Å². The first-order valence-corrected chi connectivity index (χ1v) is 16.6. The number of esters is 2. The van der Waals surface area contributed by atoms with Crippen molar-refractivity contribution in [2.75, 3.05) is 13.2 Å². The van der Waals surface area contributed by atoms with Crippen LogP contribution >= 0.6 is 0 Å². The summed E-state index contributed by atoms with van der Waals surface area (Å²) in [4.78, 5) is 39.3. The molecular formula is C35H49BO9. The minimum absolute atomic E-state index is 0.0131. The molecule has 3 fully saturated rings. The number of benzene rings is 1. The number of fused-ring (bicyclic) bond motifs is 1. The molecule has 1 unspecified atom stereocenters. The predicted molar refractivity (Wildman–Crippen MR) is 168 cm³/mol. The van der Waals surface area contributed by atoms with E-state index in [0.717, 1.165) is 32.1 Å². The van der Waals surface area contributed by atoms with E-state index in [1.54, 1.807) is 24.3 Å². The highest BCUT2D eigenvalue weighted by Gasteiger charge is 2.68. The number of hydrogen-bond acceptors (Lipinski definition) is 9. The highest BCUT2D eigenvalue weighted by Crippen LogP contribution is 2.68. The minimum Gasteiger partial charge on any atom is -0.482 e. The summed E-state index contributed by atoms with van der Waals surface area (Å²) in [7, 11) is -1.23. The zero-order valence-electron chi connectivity index (χ0n) is 27.4. The van der Waals surface area contributed by atoms with Gasteiger partial charge in [0, 0.05) is 23.2 Å². The fourth-order valence-electron chi connectivity index (χ4n) is 8.99. The maximum Gasteiger partial charge on any atom is 0.492 e. The Balaban J connectivity index is 1.31. The Kier molecular flexibility index (Phi) is 9.61. The first kappa shape index (κ1) is 33.7. The molecule has 9 atom stereocenters. The van der Waals surface area contributed by atoms with Crippen LogP contribution in [0.15, 0.2) is 30.9 Å². The largest absolute Gasteiger partial charge is 0.492 e. The summed E-state index contributed by atoms with van der Waals surface area (Å²) >= 11 is 0. The van der Waals surface area contributed by atoms with Gasteiger partial charge in [-0.2, -0.15) is 0 Å². The number of carbonyl (C=O) groups is 3. The monoisotopic (exact) mass is 624 g/mol. The molecule has 3 aliphatic carbocycles. The Labute approximate surface area is 267 Å². The van der Waals surface area contributed by atoms with Gasteiger partial charge >= 0.3 is 19.1 Å². The molecule has 0 radical (unpaired) electrons. The first-order chi connectivity index (χ1) is 21.3. The zero-order valence-corrected chi connectivity index (χ0v) is 27.4. The fourth-order valence-corrected chi connectivity index (χ4v) is 8.99. The summed E-state index contributed by atoms with van der Waals surface area (Å²) in [5.41, 5.74) is -0.540. The third-order valence-electron chi connectivity index (χ3n) is 12.0. The van der Waals surface area contributed by atoms with Gasteiger partial charge in [-0.1, -0.05) is 53.2 Å². The Bertz CT molecular complexity index is 1320. The van der Waals surface area contributed by atoms with Crippen molar-refractivity contribution in [3.63, 3.8) is 0 Å². The second-order valence-corrected chi connectivity index (χ2v) is 14.4. The van der Waals surface area contributed by atoms with Crippen LogP contribution in [0.3, 0.4) is 0 Å². The number of rotatable bonds is 10. The van der Waals surface area contributed by atoms with Gasteiger partial charge in [0.05, 0.1) is 25.2 Å². The quantitative estimate of drug-likeness (QED) is 0.168. The third kappa shape index (κ3) is 5.87. The minimum atomic E-state index is -1.23. The number of Topliss-reactive ketones (excluding diaryl/α,β-unsaturated/α-hetero) is 1. The van der Waals surface area contributed by atoms with Crippen molar-refractivity contribution >= 4 is 30.3 Å². The Morgan fingerprint density at radius 2 is 1.96 bits per heavy atom. The van der Waals surface area contributed by atoms with E-state index in [0.29, 0.717) is 36.2 Å². The summed E-state index contributed by atoms with van der Waals surface area (Å²) in [6, 6.07) is 4.99. The van der Waals surface area contributed by atoms with Crippen LogP contribution in [0.25, 0.3) is 0 Å². The van der Waals surface area contributed by atoms with Crippen molar-refractivity contribution in [1.29, 1.82) is 0 Å². The van der Waals surface area contributed by atoms with Gasteiger partial charge in [0.1, 0.15) is 17.6 Å². The molecule has 4 aliphatic rings. The van der Waals surface area contributed by atoms with Crippen LogP contribution < -0.4 is 10.2 Å². The zero-order chi connectivity index (χ0) is 32.7. The van der Waals surface area contributed by atoms with E-state index in [1.165, 1.54) is 0 Å². The molecule has 1 aromatic carbocycles. The van der Waals surface area contributed by atoms with Gasteiger partial charge < -0.3 is 29.0 Å². The van der Waals surface area contributed by atoms with Gasteiger partial charge in [-0.05, 0) is 72.5 Å². The lowest BCUT2D eigenvalue weighted by Crippen LogP contribution is -2.63. The molecule has 0 saturated heterocycles. The molecule has 5 rings (SSSR count). The van der Waals surface area contributed by atoms with Gasteiger partial charge in [0.15, 0.2) is 6.61 Å². The summed E-state index contributed by atoms with van der Waals surface area (Å²) in [5.74, 6) is -0.695. The highest BCUT2D eigenvalue weighted by molar-refractivity contribution is 6.61. The fraction of sp³-hybridized carbons (Fsp3) is 0.686. The van der Waals surface area contributed by atoms with E-state index in [4.69, 9.17) is 18.9 Å². The molecule has 1 aliphatic heterocycles. The normalized spacial score (nSPS) is 37.2. The average Bonchev–Trinajstić information content (AvgIpc) is 3.53. The molecular weight excluding hydrogens is 575 g/mol. The second kappa shape index (κ2) is 12.8. The molecule has 9 nitrogen and oxygen atoms in total. The first-order valence-electron chi connectivity index (χ1n) is 16.6. The molecule has 2 bridgehead atoms. The molecule has 0 aromatic heterocycles. The maximum atomic E-state index is 13.6. The molecule has 0 spiro atoms. The van der Waals surface area contributed by atoms with Crippen molar-refractivity contribution in [3.05, 3.63) is 36.4 Å². The van der Waals surface area contributed by atoms with Gasteiger partial charge in [0.2, 0.25) is 0 Å². The van der Waals surface area contributed by atoms with Gasteiger partial charge in [-0.3, -0.25) is 9.59 Å². The molecule has 0 amide bonds. The van der Waals surface area contributed by atoms with E-state index in [9.17, 15) is 24.5 Å². The number of aliphatic hydroxyl groups excluding tert-OH is 1. The number of carbonyl (C=O) groups excluding carboxylic acids is 3. The predicted octanol–water partition coefficient (Wildman–Crippen LogP) is 4.46. The lowest BCUT2D eigenvalue weighted by atomic mass is 9.44. The van der Waals surface area contributed by atoms with Gasteiger partial charge in [-0.25, -0.2) is 4.79 Å². The topological polar surface area (TPSA) is 129 Å². The second-order valence-electron chi connectivity index (χ2n) is 14.4. The van der Waals surface area contributed by atoms with Crippen molar-refractivity contribution < 1.29 is 43.4 Å². The molecule has 246 valence electrons. The van der Waals surface area contributed by atoms with Gasteiger partial charge in [-0.15, -0.1) is 6.58 Å². The van der Waals surface area contributed by atoms with E-state index in [-0.39, 0.29) is 42.0 Å². The number of aliphatic hydroxyl groups is 1. The van der Waals surface area contributed by atoms with Crippen molar-refractivity contribution in [2.24, 2.45) is 34.0 Å². The average molecular weight is 625 g/mol. The van der Waals surface area contributed by atoms with E-state index in [2.05, 4.69) is 27.4 Å². The number of ether oxygens (including phenoxy) is 3. The van der Waals surface area contributed by atoms with Crippen LogP contribution in [0.5, 0.6) is 5.75 Å². The molecule has 45 heavy (non-hydrogen) atoms. The van der Waals surface area contributed by atoms with Gasteiger partial charge in [0.25, 0.3) is 0 Å². The van der Waals surface area contributed by atoms with Crippen LogP contribution in [0.1, 0.15) is 97.7 Å². The smallest absolute Gasteiger partial charge is 0.482 e. The molecule has 2 N–H and O–H groups in total. The SMILES string of the molecule is C=C[C@]1(C)C[C@@H](OC(=O)COc2ccc3c(c2)B(O)OC3CC(=O)OCCCC)[C@]2(C)[C@H](C)CC[C@]3(CCC(=O)[C@H]32)[C@@H](C)[C@@H]1O. The lowest BCUT2D eigenvalue weighted by molar-refractivity contribution is -0.207. The van der Waals surface area contributed by atoms with Crippen molar-refractivity contribution in [2.45, 2.75) is 104 Å². The van der Waals surface area contributed by atoms with E-state index >= 15 is 0 Å². The van der Waals surface area contributed by atoms with Crippen LogP contribution in [0, 0.1) is 34.0 Å². The van der Waals surface area contributed by atoms with Crippen LogP contribution in [0.2, 0.25) is 0 Å². The van der Waals surface area contributed by atoms with Crippen molar-refractivity contribution in [1.82, 2.24) is 0 Å². The third-order valence-corrected chi connectivity index (χ3v) is 12.0. The molecule has 10 heteroatoms. The van der Waals surface area contributed by atoms with Crippen LogP contribution in [0.4, 0.5) is 0 Å². The summed E-state index contributed by atoms with van der Waals surface area (Å²) in [6.45, 7) is 14.3.